The van der Waals surface area contributed by atoms with Crippen molar-refractivity contribution in [3.8, 4) is 0 Å². The lowest BCUT2D eigenvalue weighted by molar-refractivity contribution is -0.126. The monoisotopic (exact) mass is 325 g/mol. The molecule has 5 nitrogen and oxygen atoms in total. The molecule has 0 aliphatic carbocycles. The molecule has 0 aliphatic heterocycles. The molecule has 1 amide bonds. The van der Waals surface area contributed by atoms with Crippen LogP contribution in [0.3, 0.4) is 0 Å². The molecule has 0 bridgehead atoms. The SMILES string of the molecule is NCCCC[C@H](NC(=O)Cc1ccc(CN)cc1)C(=O)CCl. The van der Waals surface area contributed by atoms with Crippen molar-refractivity contribution >= 4 is 23.3 Å². The predicted octanol–water partition coefficient (Wildman–Crippen LogP) is 1.11. The van der Waals surface area contributed by atoms with Crippen LogP contribution in [0.4, 0.5) is 0 Å². The van der Waals surface area contributed by atoms with Crippen LogP contribution in [-0.2, 0) is 22.6 Å². The molecule has 1 rings (SSSR count). The van der Waals surface area contributed by atoms with Crippen LogP contribution >= 0.6 is 11.6 Å². The zero-order valence-electron chi connectivity index (χ0n) is 12.7. The van der Waals surface area contributed by atoms with Crippen LogP contribution in [0.25, 0.3) is 0 Å². The smallest absolute Gasteiger partial charge is 0.225 e. The third-order valence-electron chi connectivity index (χ3n) is 3.43. The molecule has 0 fully saturated rings. The number of hydrogen-bond acceptors (Lipinski definition) is 4. The van der Waals surface area contributed by atoms with E-state index in [0.717, 1.165) is 24.0 Å². The van der Waals surface area contributed by atoms with E-state index in [4.69, 9.17) is 23.1 Å². The number of amides is 1. The Morgan fingerprint density at radius 1 is 1.09 bits per heavy atom. The third kappa shape index (κ3) is 6.56. The zero-order valence-corrected chi connectivity index (χ0v) is 13.4. The maximum absolute atomic E-state index is 12.1. The van der Waals surface area contributed by atoms with Gasteiger partial charge < -0.3 is 16.8 Å². The fourth-order valence-corrected chi connectivity index (χ4v) is 2.31. The molecule has 1 aromatic rings. The second-order valence-corrected chi connectivity index (χ2v) is 5.47. The van der Waals surface area contributed by atoms with Gasteiger partial charge in [-0.2, -0.15) is 0 Å². The number of halogens is 1. The van der Waals surface area contributed by atoms with Crippen molar-refractivity contribution in [1.82, 2.24) is 5.32 Å². The minimum atomic E-state index is -0.528. The van der Waals surface area contributed by atoms with E-state index in [1.54, 1.807) is 0 Å². The van der Waals surface area contributed by atoms with Crippen molar-refractivity contribution in [2.45, 2.75) is 38.3 Å². The van der Waals surface area contributed by atoms with Crippen molar-refractivity contribution < 1.29 is 9.59 Å². The molecule has 0 aromatic heterocycles. The summed E-state index contributed by atoms with van der Waals surface area (Å²) in [6.45, 7) is 1.04. The van der Waals surface area contributed by atoms with Crippen LogP contribution in [0.2, 0.25) is 0 Å². The lowest BCUT2D eigenvalue weighted by Crippen LogP contribution is -2.42. The number of carbonyl (C=O) groups is 2. The second kappa shape index (κ2) is 10.3. The summed E-state index contributed by atoms with van der Waals surface area (Å²) in [7, 11) is 0. The summed E-state index contributed by atoms with van der Waals surface area (Å²) in [6, 6.07) is 7.00. The molecular formula is C16H24ClN3O2. The quantitative estimate of drug-likeness (QED) is 0.443. The van der Waals surface area contributed by atoms with Crippen LogP contribution in [0.1, 0.15) is 30.4 Å². The highest BCUT2D eigenvalue weighted by atomic mass is 35.5. The molecule has 0 saturated carbocycles. The summed E-state index contributed by atoms with van der Waals surface area (Å²) in [5.41, 5.74) is 12.9. The summed E-state index contributed by atoms with van der Waals surface area (Å²) >= 11 is 5.60. The van der Waals surface area contributed by atoms with Crippen molar-refractivity contribution in [2.75, 3.05) is 12.4 Å². The van der Waals surface area contributed by atoms with Gasteiger partial charge in [0.25, 0.3) is 0 Å². The van der Waals surface area contributed by atoms with Gasteiger partial charge in [0.2, 0.25) is 5.91 Å². The van der Waals surface area contributed by atoms with Crippen molar-refractivity contribution in [3.63, 3.8) is 0 Å². The normalized spacial score (nSPS) is 12.0. The highest BCUT2D eigenvalue weighted by Crippen LogP contribution is 2.07. The second-order valence-electron chi connectivity index (χ2n) is 5.20. The van der Waals surface area contributed by atoms with E-state index in [0.29, 0.717) is 19.5 Å². The van der Waals surface area contributed by atoms with Gasteiger partial charge in [0.05, 0.1) is 18.3 Å². The Morgan fingerprint density at radius 2 is 1.73 bits per heavy atom. The Bertz CT molecular complexity index is 477. The van der Waals surface area contributed by atoms with Crippen LogP contribution in [-0.4, -0.2) is 30.2 Å². The molecule has 5 N–H and O–H groups in total. The summed E-state index contributed by atoms with van der Waals surface area (Å²) < 4.78 is 0. The first-order valence-corrected chi connectivity index (χ1v) is 8.00. The average Bonchev–Trinajstić information content (AvgIpc) is 2.54. The van der Waals surface area contributed by atoms with Gasteiger partial charge in [-0.05, 0) is 36.9 Å². The summed E-state index contributed by atoms with van der Waals surface area (Å²) in [4.78, 5) is 23.9. The minimum Gasteiger partial charge on any atom is -0.346 e. The number of benzene rings is 1. The Morgan fingerprint density at radius 3 is 2.27 bits per heavy atom. The van der Waals surface area contributed by atoms with Crippen LogP contribution < -0.4 is 16.8 Å². The van der Waals surface area contributed by atoms with Crippen LogP contribution in [0, 0.1) is 0 Å². The van der Waals surface area contributed by atoms with E-state index in [9.17, 15) is 9.59 Å². The van der Waals surface area contributed by atoms with Gasteiger partial charge in [0, 0.05) is 6.54 Å². The molecule has 0 radical (unpaired) electrons. The van der Waals surface area contributed by atoms with Crippen molar-refractivity contribution in [2.24, 2.45) is 11.5 Å². The Hall–Kier alpha value is -1.43. The maximum Gasteiger partial charge on any atom is 0.225 e. The number of alkyl halides is 1. The largest absolute Gasteiger partial charge is 0.346 e. The fourth-order valence-electron chi connectivity index (χ4n) is 2.12. The third-order valence-corrected chi connectivity index (χ3v) is 3.69. The summed E-state index contributed by atoms with van der Waals surface area (Å²) in [6.07, 6.45) is 2.41. The lowest BCUT2D eigenvalue weighted by atomic mass is 10.0. The Kier molecular flexibility index (Phi) is 8.74. The van der Waals surface area contributed by atoms with Gasteiger partial charge in [-0.25, -0.2) is 0 Å². The van der Waals surface area contributed by atoms with E-state index in [-0.39, 0.29) is 24.0 Å². The highest BCUT2D eigenvalue weighted by molar-refractivity contribution is 6.28. The molecule has 1 aromatic carbocycles. The van der Waals surface area contributed by atoms with Crippen LogP contribution in [0.15, 0.2) is 24.3 Å². The first kappa shape index (κ1) is 18.6. The number of carbonyl (C=O) groups excluding carboxylic acids is 2. The number of hydrogen-bond donors (Lipinski definition) is 3. The first-order chi connectivity index (χ1) is 10.6. The maximum atomic E-state index is 12.1. The van der Waals surface area contributed by atoms with Gasteiger partial charge in [0.15, 0.2) is 5.78 Å². The molecule has 0 unspecified atom stereocenters. The molecule has 0 spiro atoms. The fraction of sp³-hybridized carbons (Fsp3) is 0.500. The molecule has 0 aliphatic rings. The molecule has 0 saturated heterocycles. The summed E-state index contributed by atoms with van der Waals surface area (Å²) in [5, 5.41) is 2.77. The first-order valence-electron chi connectivity index (χ1n) is 7.46. The van der Waals surface area contributed by atoms with Crippen LogP contribution in [0.5, 0.6) is 0 Å². The topological polar surface area (TPSA) is 98.2 Å². The van der Waals surface area contributed by atoms with E-state index in [1.807, 2.05) is 24.3 Å². The van der Waals surface area contributed by atoms with E-state index >= 15 is 0 Å². The molecule has 22 heavy (non-hydrogen) atoms. The van der Waals surface area contributed by atoms with Gasteiger partial charge in [-0.3, -0.25) is 9.59 Å². The van der Waals surface area contributed by atoms with Crippen molar-refractivity contribution in [3.05, 3.63) is 35.4 Å². The van der Waals surface area contributed by atoms with E-state index in [2.05, 4.69) is 5.32 Å². The van der Waals surface area contributed by atoms with Gasteiger partial charge in [0.1, 0.15) is 0 Å². The molecule has 122 valence electrons. The minimum absolute atomic E-state index is 0.0984. The highest BCUT2D eigenvalue weighted by Gasteiger charge is 2.19. The molecule has 1 atom stereocenters. The van der Waals surface area contributed by atoms with Crippen molar-refractivity contribution in [1.29, 1.82) is 0 Å². The number of rotatable bonds is 10. The van der Waals surface area contributed by atoms with E-state index < -0.39 is 6.04 Å². The standard InChI is InChI=1S/C16H24ClN3O2/c17-10-15(21)14(3-1-2-8-18)20-16(22)9-12-4-6-13(11-19)7-5-12/h4-7,14H,1-3,8-11,18-19H2,(H,20,22)/t14-/m0/s1. The molecule has 6 heteroatoms. The number of nitrogens with one attached hydrogen (secondary N) is 1. The van der Waals surface area contributed by atoms with E-state index in [1.165, 1.54) is 0 Å². The Labute approximate surface area is 136 Å². The molecule has 0 heterocycles. The van der Waals surface area contributed by atoms with Gasteiger partial charge in [-0.1, -0.05) is 24.3 Å². The summed E-state index contributed by atoms with van der Waals surface area (Å²) in [5.74, 6) is -0.444. The zero-order chi connectivity index (χ0) is 16.4. The van der Waals surface area contributed by atoms with Gasteiger partial charge in [-0.15, -0.1) is 11.6 Å². The number of nitrogens with two attached hydrogens (primary N) is 2. The average molecular weight is 326 g/mol. The number of Topliss-reactive ketones (excluding diaryl/α,β-unsaturated/α-hetero) is 1. The number of unbranched alkanes of at least 4 members (excludes halogenated alkanes) is 1. The lowest BCUT2D eigenvalue weighted by Gasteiger charge is -2.16. The Balaban J connectivity index is 2.55. The number of ketones is 1. The predicted molar refractivity (Wildman–Crippen MR) is 88.6 cm³/mol. The molecular weight excluding hydrogens is 302 g/mol. The van der Waals surface area contributed by atoms with Gasteiger partial charge >= 0.3 is 0 Å².